The molecule has 0 aromatic carbocycles. The third-order valence-electron chi connectivity index (χ3n) is 7.66. The summed E-state index contributed by atoms with van der Waals surface area (Å²) in [5.41, 5.74) is 2.90. The minimum absolute atomic E-state index is 1.13. The molecule has 0 saturated carbocycles. The van der Waals surface area contributed by atoms with Gasteiger partial charge >= 0.3 is 0 Å². The summed E-state index contributed by atoms with van der Waals surface area (Å²) in [5.74, 6) is 0. The number of hydrogen-bond donors (Lipinski definition) is 0. The maximum absolute atomic E-state index is 2.36. The standard InChI is InChI=1S/C34H58N2/c1-3-5-7-9-11-13-15-17-19-27-35-29-23-33(24-30-35)21-22-34-25-31-36(32-26-34)28-20-18-16-14-12-10-8-6-4-2/h23-26,29-32H,3-22,27-28H2,1-2H3/q+2. The van der Waals surface area contributed by atoms with Crippen LogP contribution in [0.25, 0.3) is 0 Å². The Morgan fingerprint density at radius 3 is 0.972 bits per heavy atom. The Balaban J connectivity index is 1.51. The zero-order chi connectivity index (χ0) is 25.5. The van der Waals surface area contributed by atoms with Crippen LogP contribution >= 0.6 is 0 Å². The van der Waals surface area contributed by atoms with Crippen molar-refractivity contribution in [3.8, 4) is 0 Å². The summed E-state index contributed by atoms with van der Waals surface area (Å²) in [6.45, 7) is 6.91. The van der Waals surface area contributed by atoms with E-state index in [0.717, 1.165) is 25.9 Å². The monoisotopic (exact) mass is 494 g/mol. The lowest BCUT2D eigenvalue weighted by Crippen LogP contribution is -2.32. The average Bonchev–Trinajstić information content (AvgIpc) is 2.91. The molecule has 0 bridgehead atoms. The van der Waals surface area contributed by atoms with Gasteiger partial charge in [-0.15, -0.1) is 0 Å². The molecular formula is C34H58N2+2. The van der Waals surface area contributed by atoms with Crippen molar-refractivity contribution in [3.05, 3.63) is 60.2 Å². The predicted octanol–water partition coefficient (Wildman–Crippen LogP) is 9.11. The number of hydrogen-bond acceptors (Lipinski definition) is 0. The minimum atomic E-state index is 1.13. The molecule has 0 N–H and O–H groups in total. The van der Waals surface area contributed by atoms with E-state index in [9.17, 15) is 0 Å². The van der Waals surface area contributed by atoms with Crippen molar-refractivity contribution < 1.29 is 9.13 Å². The van der Waals surface area contributed by atoms with Gasteiger partial charge in [0, 0.05) is 37.1 Å². The van der Waals surface area contributed by atoms with Crippen molar-refractivity contribution in [1.29, 1.82) is 0 Å². The van der Waals surface area contributed by atoms with Gasteiger partial charge in [0.05, 0.1) is 0 Å². The van der Waals surface area contributed by atoms with E-state index in [-0.39, 0.29) is 0 Å². The molecule has 2 aromatic rings. The molecule has 36 heavy (non-hydrogen) atoms. The van der Waals surface area contributed by atoms with Gasteiger partial charge in [0.15, 0.2) is 24.8 Å². The van der Waals surface area contributed by atoms with E-state index in [4.69, 9.17) is 0 Å². The molecule has 0 amide bonds. The molecule has 2 heterocycles. The molecule has 0 aliphatic carbocycles. The summed E-state index contributed by atoms with van der Waals surface area (Å²) in [5, 5.41) is 0. The maximum atomic E-state index is 2.36. The topological polar surface area (TPSA) is 7.76 Å². The SMILES string of the molecule is CCCCCCCCCCC[n+]1ccc(CCc2cc[n+](CCCCCCCCCCC)cc2)cc1. The second kappa shape index (κ2) is 21.4. The third-order valence-corrected chi connectivity index (χ3v) is 7.66. The molecule has 0 aliphatic heterocycles. The smallest absolute Gasteiger partial charge is 0.169 e. The summed E-state index contributed by atoms with van der Waals surface area (Å²) in [4.78, 5) is 0. The van der Waals surface area contributed by atoms with Gasteiger partial charge in [-0.1, -0.05) is 104 Å². The van der Waals surface area contributed by atoms with Gasteiger partial charge in [-0.05, 0) is 36.8 Å². The minimum Gasteiger partial charge on any atom is -0.205 e. The van der Waals surface area contributed by atoms with Gasteiger partial charge in [-0.25, -0.2) is 9.13 Å². The highest BCUT2D eigenvalue weighted by atomic mass is 14.9. The zero-order valence-corrected chi connectivity index (χ0v) is 24.1. The number of aryl methyl sites for hydroxylation is 4. The average molecular weight is 495 g/mol. The third kappa shape index (κ3) is 15.4. The van der Waals surface area contributed by atoms with E-state index in [0.29, 0.717) is 0 Å². The molecular weight excluding hydrogens is 436 g/mol. The van der Waals surface area contributed by atoms with Crippen LogP contribution in [-0.2, 0) is 25.9 Å². The van der Waals surface area contributed by atoms with Crippen LogP contribution in [0.2, 0.25) is 0 Å². The van der Waals surface area contributed by atoms with Crippen molar-refractivity contribution in [1.82, 2.24) is 0 Å². The van der Waals surface area contributed by atoms with E-state index in [1.54, 1.807) is 0 Å². The Hall–Kier alpha value is -1.70. The van der Waals surface area contributed by atoms with E-state index < -0.39 is 0 Å². The highest BCUT2D eigenvalue weighted by Gasteiger charge is 2.05. The molecule has 0 spiro atoms. The maximum Gasteiger partial charge on any atom is 0.169 e. The number of nitrogens with zero attached hydrogens (tertiary/aromatic N) is 2. The molecule has 2 nitrogen and oxygen atoms in total. The lowest BCUT2D eigenvalue weighted by atomic mass is 10.1. The zero-order valence-electron chi connectivity index (χ0n) is 24.1. The fourth-order valence-electron chi connectivity index (χ4n) is 5.11. The summed E-state index contributed by atoms with van der Waals surface area (Å²) in [6, 6.07) is 9.28. The number of aromatic nitrogens is 2. The first-order valence-electron chi connectivity index (χ1n) is 15.8. The van der Waals surface area contributed by atoms with Crippen molar-refractivity contribution in [2.75, 3.05) is 0 Å². The van der Waals surface area contributed by atoms with Crippen LogP contribution in [0.3, 0.4) is 0 Å². The Bertz CT molecular complexity index is 669. The van der Waals surface area contributed by atoms with Crippen molar-refractivity contribution >= 4 is 0 Å². The Morgan fingerprint density at radius 1 is 0.389 bits per heavy atom. The van der Waals surface area contributed by atoms with E-state index >= 15 is 0 Å². The normalized spacial score (nSPS) is 11.3. The Morgan fingerprint density at radius 2 is 0.667 bits per heavy atom. The van der Waals surface area contributed by atoms with E-state index in [1.807, 2.05) is 0 Å². The molecule has 2 heteroatoms. The molecule has 0 radical (unpaired) electrons. The van der Waals surface area contributed by atoms with Gasteiger partial charge in [-0.2, -0.15) is 0 Å². The van der Waals surface area contributed by atoms with Crippen LogP contribution in [0, 0.1) is 0 Å². The van der Waals surface area contributed by atoms with Crippen molar-refractivity contribution in [2.24, 2.45) is 0 Å². The van der Waals surface area contributed by atoms with E-state index in [2.05, 4.69) is 72.0 Å². The van der Waals surface area contributed by atoms with Crippen LogP contribution in [0.4, 0.5) is 0 Å². The largest absolute Gasteiger partial charge is 0.205 e. The molecule has 0 fully saturated rings. The lowest BCUT2D eigenvalue weighted by Gasteiger charge is -2.03. The molecule has 202 valence electrons. The van der Waals surface area contributed by atoms with Crippen molar-refractivity contribution in [2.45, 2.75) is 155 Å². The Kier molecular flexibility index (Phi) is 18.1. The highest BCUT2D eigenvalue weighted by Crippen LogP contribution is 2.11. The first kappa shape index (κ1) is 30.5. The van der Waals surface area contributed by atoms with Crippen LogP contribution < -0.4 is 9.13 Å². The highest BCUT2D eigenvalue weighted by molar-refractivity contribution is 5.13. The predicted molar refractivity (Wildman–Crippen MR) is 155 cm³/mol. The van der Waals surface area contributed by atoms with Gasteiger partial charge in [0.1, 0.15) is 13.1 Å². The first-order chi connectivity index (χ1) is 17.8. The molecule has 2 aromatic heterocycles. The molecule has 0 unspecified atom stereocenters. The molecule has 0 aliphatic rings. The summed E-state index contributed by atoms with van der Waals surface area (Å²) in [7, 11) is 0. The second-order valence-corrected chi connectivity index (χ2v) is 11.0. The molecule has 2 rings (SSSR count). The quantitative estimate of drug-likeness (QED) is 0.107. The van der Waals surface area contributed by atoms with Gasteiger partial charge in [0.2, 0.25) is 0 Å². The van der Waals surface area contributed by atoms with Crippen molar-refractivity contribution in [3.63, 3.8) is 0 Å². The van der Waals surface area contributed by atoms with Crippen LogP contribution in [-0.4, -0.2) is 0 Å². The van der Waals surface area contributed by atoms with Crippen LogP contribution in [0.1, 0.15) is 141 Å². The fourth-order valence-corrected chi connectivity index (χ4v) is 5.11. The number of rotatable bonds is 23. The fraction of sp³-hybridized carbons (Fsp3) is 0.706. The summed E-state index contributed by atoms with van der Waals surface area (Å²) < 4.78 is 4.73. The van der Waals surface area contributed by atoms with E-state index in [1.165, 1.54) is 127 Å². The van der Waals surface area contributed by atoms with Crippen LogP contribution in [0.5, 0.6) is 0 Å². The lowest BCUT2D eigenvalue weighted by molar-refractivity contribution is -0.697. The molecule has 0 saturated heterocycles. The summed E-state index contributed by atoms with van der Waals surface area (Å²) >= 11 is 0. The molecule has 0 atom stereocenters. The first-order valence-corrected chi connectivity index (χ1v) is 15.8. The second-order valence-electron chi connectivity index (χ2n) is 11.0. The number of pyridine rings is 2. The number of unbranched alkanes of at least 4 members (excludes halogenated alkanes) is 16. The van der Waals surface area contributed by atoms with Gasteiger partial charge in [0.25, 0.3) is 0 Å². The van der Waals surface area contributed by atoms with Gasteiger partial charge in [-0.3, -0.25) is 0 Å². The Labute approximate surface area is 224 Å². The summed E-state index contributed by atoms with van der Waals surface area (Å²) in [6.07, 6.45) is 36.5. The van der Waals surface area contributed by atoms with Gasteiger partial charge < -0.3 is 0 Å². The van der Waals surface area contributed by atoms with Crippen LogP contribution in [0.15, 0.2) is 49.1 Å².